The van der Waals surface area contributed by atoms with E-state index < -0.39 is 0 Å². The molecule has 0 unspecified atom stereocenters. The molecule has 0 aromatic heterocycles. The molecule has 1 aliphatic heterocycles. The number of nitrogen functional groups attached to an aromatic ring is 1. The monoisotopic (exact) mass is 288 g/mol. The van der Waals surface area contributed by atoms with E-state index in [2.05, 4.69) is 5.32 Å². The molecule has 0 saturated heterocycles. The van der Waals surface area contributed by atoms with Crippen LogP contribution in [0, 0.1) is 0 Å². The van der Waals surface area contributed by atoms with E-state index in [0.29, 0.717) is 35.2 Å². The summed E-state index contributed by atoms with van der Waals surface area (Å²) in [5.41, 5.74) is 9.56. The number of carbonyl (C=O) groups is 1. The van der Waals surface area contributed by atoms with Crippen LogP contribution in [0.3, 0.4) is 0 Å². The Bertz CT molecular complexity index is 686. The van der Waals surface area contributed by atoms with Crippen LogP contribution in [0.4, 0.5) is 11.4 Å². The lowest BCUT2D eigenvalue weighted by atomic mass is 10.1. The van der Waals surface area contributed by atoms with Gasteiger partial charge in [0, 0.05) is 11.3 Å². The van der Waals surface area contributed by atoms with Crippen LogP contribution in [0.25, 0.3) is 0 Å². The molecule has 20 heavy (non-hydrogen) atoms. The zero-order valence-corrected chi connectivity index (χ0v) is 11.4. The van der Waals surface area contributed by atoms with Gasteiger partial charge in [-0.15, -0.1) is 0 Å². The highest BCUT2D eigenvalue weighted by atomic mass is 35.5. The standard InChI is InChI=1S/C15H13ClN2O2/c16-13-4-3-12(6-14(13)17)18-15(19)9-1-2-10-7-20-8-11(10)5-9/h1-6H,7-8,17H2,(H,18,19). The van der Waals surface area contributed by atoms with E-state index in [0.717, 1.165) is 11.1 Å². The van der Waals surface area contributed by atoms with Gasteiger partial charge in [0.2, 0.25) is 0 Å². The van der Waals surface area contributed by atoms with Crippen molar-refractivity contribution in [3.63, 3.8) is 0 Å². The molecule has 2 aromatic carbocycles. The quantitative estimate of drug-likeness (QED) is 0.834. The molecular weight excluding hydrogens is 276 g/mol. The minimum atomic E-state index is -0.179. The van der Waals surface area contributed by atoms with Crippen LogP contribution in [-0.2, 0) is 18.0 Å². The molecule has 0 fully saturated rings. The molecule has 5 heteroatoms. The number of halogens is 1. The number of carbonyl (C=O) groups excluding carboxylic acids is 1. The molecule has 102 valence electrons. The lowest BCUT2D eigenvalue weighted by Crippen LogP contribution is -2.12. The number of anilines is 2. The van der Waals surface area contributed by atoms with Crippen molar-refractivity contribution in [2.24, 2.45) is 0 Å². The molecule has 1 amide bonds. The predicted molar refractivity (Wildman–Crippen MR) is 78.8 cm³/mol. The fraction of sp³-hybridized carbons (Fsp3) is 0.133. The van der Waals surface area contributed by atoms with Gasteiger partial charge in [-0.05, 0) is 41.5 Å². The number of fused-ring (bicyclic) bond motifs is 1. The first-order valence-corrected chi connectivity index (χ1v) is 6.57. The minimum absolute atomic E-state index is 0.179. The summed E-state index contributed by atoms with van der Waals surface area (Å²) in [4.78, 5) is 12.2. The van der Waals surface area contributed by atoms with Gasteiger partial charge in [-0.1, -0.05) is 17.7 Å². The van der Waals surface area contributed by atoms with E-state index in [1.54, 1.807) is 24.3 Å². The van der Waals surface area contributed by atoms with Crippen LogP contribution in [-0.4, -0.2) is 5.91 Å². The number of benzene rings is 2. The third-order valence-corrected chi connectivity index (χ3v) is 3.58. The van der Waals surface area contributed by atoms with Gasteiger partial charge in [0.05, 0.1) is 23.9 Å². The molecule has 1 heterocycles. The van der Waals surface area contributed by atoms with E-state index in [1.165, 1.54) is 0 Å². The highest BCUT2D eigenvalue weighted by Crippen LogP contribution is 2.24. The maximum absolute atomic E-state index is 12.2. The molecule has 0 atom stereocenters. The molecule has 1 aliphatic rings. The third-order valence-electron chi connectivity index (χ3n) is 3.24. The molecule has 3 N–H and O–H groups in total. The molecular formula is C15H13ClN2O2. The number of hydrogen-bond donors (Lipinski definition) is 2. The van der Waals surface area contributed by atoms with Crippen molar-refractivity contribution in [1.29, 1.82) is 0 Å². The Kier molecular flexibility index (Phi) is 3.34. The van der Waals surface area contributed by atoms with Crippen LogP contribution in [0.2, 0.25) is 5.02 Å². The normalized spacial score (nSPS) is 13.1. The largest absolute Gasteiger partial charge is 0.397 e. The van der Waals surface area contributed by atoms with Crippen molar-refractivity contribution in [2.75, 3.05) is 11.1 Å². The molecule has 0 radical (unpaired) electrons. The first kappa shape index (κ1) is 13.0. The first-order chi connectivity index (χ1) is 9.63. The second-order valence-corrected chi connectivity index (χ2v) is 5.07. The topological polar surface area (TPSA) is 64.3 Å². The van der Waals surface area contributed by atoms with Crippen molar-refractivity contribution < 1.29 is 9.53 Å². The Morgan fingerprint density at radius 3 is 2.75 bits per heavy atom. The van der Waals surface area contributed by atoms with Crippen molar-refractivity contribution in [2.45, 2.75) is 13.2 Å². The average Bonchev–Trinajstić information content (AvgIpc) is 2.90. The SMILES string of the molecule is Nc1cc(NC(=O)c2ccc3c(c2)COC3)ccc1Cl. The summed E-state index contributed by atoms with van der Waals surface area (Å²) in [6.07, 6.45) is 0. The molecule has 0 spiro atoms. The second-order valence-electron chi connectivity index (χ2n) is 4.67. The Balaban J connectivity index is 1.80. The summed E-state index contributed by atoms with van der Waals surface area (Å²) in [6.45, 7) is 1.18. The number of ether oxygens (including phenoxy) is 1. The van der Waals surface area contributed by atoms with E-state index in [-0.39, 0.29) is 5.91 Å². The van der Waals surface area contributed by atoms with Gasteiger partial charge in [0.25, 0.3) is 5.91 Å². The second kappa shape index (κ2) is 5.15. The maximum atomic E-state index is 12.2. The molecule has 4 nitrogen and oxygen atoms in total. The first-order valence-electron chi connectivity index (χ1n) is 6.19. The maximum Gasteiger partial charge on any atom is 0.255 e. The Hall–Kier alpha value is -2.04. The molecule has 0 aliphatic carbocycles. The zero-order chi connectivity index (χ0) is 14.1. The fourth-order valence-electron chi connectivity index (χ4n) is 2.14. The molecule has 3 rings (SSSR count). The van der Waals surface area contributed by atoms with Gasteiger partial charge in [0.15, 0.2) is 0 Å². The number of amides is 1. The van der Waals surface area contributed by atoms with E-state index >= 15 is 0 Å². The van der Waals surface area contributed by atoms with Crippen LogP contribution in [0.15, 0.2) is 36.4 Å². The van der Waals surface area contributed by atoms with Gasteiger partial charge >= 0.3 is 0 Å². The van der Waals surface area contributed by atoms with Gasteiger partial charge in [0.1, 0.15) is 0 Å². The molecule has 0 saturated carbocycles. The molecule has 0 bridgehead atoms. The summed E-state index contributed by atoms with van der Waals surface area (Å²) in [5.74, 6) is -0.179. The lowest BCUT2D eigenvalue weighted by molar-refractivity contribution is 0.102. The summed E-state index contributed by atoms with van der Waals surface area (Å²) < 4.78 is 5.33. The van der Waals surface area contributed by atoms with Crippen LogP contribution < -0.4 is 11.1 Å². The minimum Gasteiger partial charge on any atom is -0.397 e. The van der Waals surface area contributed by atoms with Gasteiger partial charge in [-0.2, -0.15) is 0 Å². The summed E-state index contributed by atoms with van der Waals surface area (Å²) in [7, 11) is 0. The third kappa shape index (κ3) is 2.48. The van der Waals surface area contributed by atoms with Gasteiger partial charge in [-0.25, -0.2) is 0 Å². The van der Waals surface area contributed by atoms with Crippen LogP contribution in [0.1, 0.15) is 21.5 Å². The van der Waals surface area contributed by atoms with Crippen molar-refractivity contribution >= 4 is 28.9 Å². The Morgan fingerprint density at radius 2 is 1.95 bits per heavy atom. The van der Waals surface area contributed by atoms with Crippen LogP contribution >= 0.6 is 11.6 Å². The summed E-state index contributed by atoms with van der Waals surface area (Å²) in [6, 6.07) is 10.6. The predicted octanol–water partition coefficient (Wildman–Crippen LogP) is 3.20. The number of rotatable bonds is 2. The highest BCUT2D eigenvalue weighted by Gasteiger charge is 2.14. The Labute approximate surface area is 121 Å². The fourth-order valence-corrected chi connectivity index (χ4v) is 2.26. The van der Waals surface area contributed by atoms with Crippen molar-refractivity contribution in [1.82, 2.24) is 0 Å². The number of nitrogens with two attached hydrogens (primary N) is 1. The Morgan fingerprint density at radius 1 is 1.15 bits per heavy atom. The highest BCUT2D eigenvalue weighted by molar-refractivity contribution is 6.33. The number of nitrogens with one attached hydrogen (secondary N) is 1. The van der Waals surface area contributed by atoms with Crippen molar-refractivity contribution in [3.8, 4) is 0 Å². The van der Waals surface area contributed by atoms with E-state index in [4.69, 9.17) is 22.1 Å². The smallest absolute Gasteiger partial charge is 0.255 e. The van der Waals surface area contributed by atoms with E-state index in [1.807, 2.05) is 12.1 Å². The average molecular weight is 289 g/mol. The molecule has 2 aromatic rings. The zero-order valence-electron chi connectivity index (χ0n) is 10.7. The summed E-state index contributed by atoms with van der Waals surface area (Å²) in [5, 5.41) is 3.27. The number of hydrogen-bond acceptors (Lipinski definition) is 3. The summed E-state index contributed by atoms with van der Waals surface area (Å²) >= 11 is 5.85. The van der Waals surface area contributed by atoms with Crippen molar-refractivity contribution in [3.05, 3.63) is 58.1 Å². The lowest BCUT2D eigenvalue weighted by Gasteiger charge is -2.08. The van der Waals surface area contributed by atoms with E-state index in [9.17, 15) is 4.79 Å². The van der Waals surface area contributed by atoms with Gasteiger partial charge < -0.3 is 15.8 Å². The van der Waals surface area contributed by atoms with Gasteiger partial charge in [-0.3, -0.25) is 4.79 Å². The van der Waals surface area contributed by atoms with Crippen LogP contribution in [0.5, 0.6) is 0 Å².